The van der Waals surface area contributed by atoms with Crippen molar-refractivity contribution in [2.45, 2.75) is 44.2 Å². The second kappa shape index (κ2) is 7.08. The predicted molar refractivity (Wildman–Crippen MR) is 85.7 cm³/mol. The zero-order chi connectivity index (χ0) is 16.2. The van der Waals surface area contributed by atoms with Crippen molar-refractivity contribution >= 4 is 17.6 Å². The fourth-order valence-electron chi connectivity index (χ4n) is 3.95. The van der Waals surface area contributed by atoms with Crippen molar-refractivity contribution in [3.05, 3.63) is 24.5 Å². The van der Waals surface area contributed by atoms with Crippen LogP contribution in [-0.4, -0.2) is 47.5 Å². The highest BCUT2D eigenvalue weighted by atomic mass is 16.5. The van der Waals surface area contributed by atoms with Crippen LogP contribution in [0.15, 0.2) is 24.5 Å². The first kappa shape index (κ1) is 15.9. The number of fused-ring (bicyclic) bond motifs is 1. The average Bonchev–Trinajstić information content (AvgIpc) is 2.94. The molecule has 124 valence electrons. The maximum atomic E-state index is 12.4. The minimum atomic E-state index is -0.295. The minimum absolute atomic E-state index is 0.101. The monoisotopic (exact) mass is 317 g/mol. The Bertz CT molecular complexity index is 563. The zero-order valence-corrected chi connectivity index (χ0v) is 13.4. The van der Waals surface area contributed by atoms with Crippen molar-refractivity contribution in [2.24, 2.45) is 5.92 Å². The molecule has 0 bridgehead atoms. The van der Waals surface area contributed by atoms with Crippen LogP contribution in [0.5, 0.6) is 0 Å². The molecule has 2 aliphatic rings. The Kier molecular flexibility index (Phi) is 4.91. The second-order valence-corrected chi connectivity index (χ2v) is 6.34. The Hall–Kier alpha value is -1.95. The summed E-state index contributed by atoms with van der Waals surface area (Å²) in [6.07, 6.45) is 8.66. The second-order valence-electron chi connectivity index (χ2n) is 6.34. The van der Waals surface area contributed by atoms with Crippen LogP contribution in [0.1, 0.15) is 32.1 Å². The van der Waals surface area contributed by atoms with Gasteiger partial charge in [-0.1, -0.05) is 12.8 Å². The van der Waals surface area contributed by atoms with Crippen LogP contribution >= 0.6 is 0 Å². The van der Waals surface area contributed by atoms with Crippen LogP contribution in [0.25, 0.3) is 0 Å². The first-order chi connectivity index (χ1) is 11.2. The van der Waals surface area contributed by atoms with Crippen molar-refractivity contribution in [3.63, 3.8) is 0 Å². The highest BCUT2D eigenvalue weighted by molar-refractivity contribution is 5.92. The molecule has 6 heteroatoms. The SMILES string of the molecule is COC(=O)C1CC2CCCCC2N1CC(=O)Nc1ccncc1. The Labute approximate surface area is 136 Å². The molecule has 3 unspecified atom stereocenters. The van der Waals surface area contributed by atoms with E-state index in [2.05, 4.69) is 10.3 Å². The molecule has 1 saturated heterocycles. The number of likely N-dealkylation sites (tertiary alicyclic amines) is 1. The highest BCUT2D eigenvalue weighted by Gasteiger charge is 2.46. The van der Waals surface area contributed by atoms with Gasteiger partial charge in [0.05, 0.1) is 13.7 Å². The molecule has 1 aromatic rings. The fraction of sp³-hybridized carbons (Fsp3) is 0.588. The number of hydrogen-bond donors (Lipinski definition) is 1. The lowest BCUT2D eigenvalue weighted by Crippen LogP contribution is -2.46. The van der Waals surface area contributed by atoms with Crippen molar-refractivity contribution in [1.29, 1.82) is 0 Å². The van der Waals surface area contributed by atoms with Gasteiger partial charge in [0.15, 0.2) is 0 Å². The molecule has 6 nitrogen and oxygen atoms in total. The van der Waals surface area contributed by atoms with Gasteiger partial charge in [-0.25, -0.2) is 0 Å². The Morgan fingerprint density at radius 3 is 2.78 bits per heavy atom. The van der Waals surface area contributed by atoms with Gasteiger partial charge in [0.1, 0.15) is 6.04 Å². The van der Waals surface area contributed by atoms with Gasteiger partial charge in [-0.05, 0) is 37.3 Å². The van der Waals surface area contributed by atoms with E-state index in [1.54, 1.807) is 24.5 Å². The quantitative estimate of drug-likeness (QED) is 0.858. The first-order valence-electron chi connectivity index (χ1n) is 8.22. The van der Waals surface area contributed by atoms with Crippen molar-refractivity contribution in [3.8, 4) is 0 Å². The van der Waals surface area contributed by atoms with Gasteiger partial charge in [-0.15, -0.1) is 0 Å². The van der Waals surface area contributed by atoms with Gasteiger partial charge in [0.25, 0.3) is 0 Å². The molecule has 1 amide bonds. The third-order valence-electron chi connectivity index (χ3n) is 4.98. The van der Waals surface area contributed by atoms with E-state index in [9.17, 15) is 9.59 Å². The van der Waals surface area contributed by atoms with Gasteiger partial charge in [0.2, 0.25) is 5.91 Å². The molecule has 0 spiro atoms. The van der Waals surface area contributed by atoms with E-state index in [0.717, 1.165) is 31.4 Å². The van der Waals surface area contributed by atoms with Crippen LogP contribution in [0.3, 0.4) is 0 Å². The summed E-state index contributed by atoms with van der Waals surface area (Å²) in [4.78, 5) is 30.5. The van der Waals surface area contributed by atoms with E-state index in [1.807, 2.05) is 4.90 Å². The lowest BCUT2D eigenvalue weighted by Gasteiger charge is -2.32. The summed E-state index contributed by atoms with van der Waals surface area (Å²) in [5, 5.41) is 2.87. The molecule has 1 N–H and O–H groups in total. The summed E-state index contributed by atoms with van der Waals surface area (Å²) in [6, 6.07) is 3.53. The van der Waals surface area contributed by atoms with Crippen molar-refractivity contribution in [2.75, 3.05) is 19.0 Å². The van der Waals surface area contributed by atoms with Gasteiger partial charge >= 0.3 is 5.97 Å². The third-order valence-corrected chi connectivity index (χ3v) is 4.98. The number of aromatic nitrogens is 1. The molecular weight excluding hydrogens is 294 g/mol. The van der Waals surface area contributed by atoms with Crippen molar-refractivity contribution < 1.29 is 14.3 Å². The number of anilines is 1. The van der Waals surface area contributed by atoms with Crippen LogP contribution in [0, 0.1) is 5.92 Å². The average molecular weight is 317 g/mol. The maximum Gasteiger partial charge on any atom is 0.323 e. The number of ether oxygens (including phenoxy) is 1. The molecule has 1 aliphatic heterocycles. The van der Waals surface area contributed by atoms with Crippen molar-refractivity contribution in [1.82, 2.24) is 9.88 Å². The summed E-state index contributed by atoms with van der Waals surface area (Å²) in [5.41, 5.74) is 0.721. The van der Waals surface area contributed by atoms with Gasteiger partial charge in [-0.2, -0.15) is 0 Å². The third kappa shape index (κ3) is 3.52. The number of carbonyl (C=O) groups is 2. The number of rotatable bonds is 4. The number of nitrogens with one attached hydrogen (secondary N) is 1. The molecule has 2 fully saturated rings. The fourth-order valence-corrected chi connectivity index (χ4v) is 3.95. The number of pyridine rings is 1. The smallest absolute Gasteiger partial charge is 0.323 e. The normalized spacial score (nSPS) is 27.3. The largest absolute Gasteiger partial charge is 0.468 e. The molecule has 2 heterocycles. The Morgan fingerprint density at radius 2 is 2.04 bits per heavy atom. The number of nitrogens with zero attached hydrogens (tertiary/aromatic N) is 2. The summed E-state index contributed by atoms with van der Waals surface area (Å²) in [7, 11) is 1.42. The molecule has 23 heavy (non-hydrogen) atoms. The molecular formula is C17H23N3O3. The summed E-state index contributed by atoms with van der Waals surface area (Å²) in [5.74, 6) is 0.175. The summed E-state index contributed by atoms with van der Waals surface area (Å²) >= 11 is 0. The van der Waals surface area contributed by atoms with Crippen LogP contribution < -0.4 is 5.32 Å². The number of amides is 1. The molecule has 3 rings (SSSR count). The van der Waals surface area contributed by atoms with E-state index >= 15 is 0 Å². The number of methoxy groups -OCH3 is 1. The topological polar surface area (TPSA) is 71.5 Å². The molecule has 1 saturated carbocycles. The van der Waals surface area contributed by atoms with Crippen LogP contribution in [0.4, 0.5) is 5.69 Å². The Balaban J connectivity index is 1.69. The lowest BCUT2D eigenvalue weighted by atomic mass is 9.85. The number of carbonyl (C=O) groups excluding carboxylic acids is 2. The standard InChI is InChI=1S/C17H23N3O3/c1-23-17(22)15-10-12-4-2-3-5-14(12)20(15)11-16(21)19-13-6-8-18-9-7-13/h6-9,12,14-15H,2-5,10-11H2,1H3,(H,18,19,21). The van der Waals surface area contributed by atoms with E-state index in [4.69, 9.17) is 4.74 Å². The molecule has 1 aliphatic carbocycles. The maximum absolute atomic E-state index is 12.4. The molecule has 1 aromatic heterocycles. The van der Waals surface area contributed by atoms with Crippen LogP contribution in [-0.2, 0) is 14.3 Å². The molecule has 0 radical (unpaired) electrons. The summed E-state index contributed by atoms with van der Waals surface area (Å²) in [6.45, 7) is 0.225. The van der Waals surface area contributed by atoms with E-state index in [0.29, 0.717) is 12.0 Å². The highest BCUT2D eigenvalue weighted by Crippen LogP contribution is 2.39. The molecule has 3 atom stereocenters. The van der Waals surface area contributed by atoms with E-state index in [1.165, 1.54) is 13.5 Å². The summed E-state index contributed by atoms with van der Waals surface area (Å²) < 4.78 is 4.95. The molecule has 0 aromatic carbocycles. The van der Waals surface area contributed by atoms with Gasteiger partial charge < -0.3 is 10.1 Å². The Morgan fingerprint density at radius 1 is 1.30 bits per heavy atom. The van der Waals surface area contributed by atoms with Crippen LogP contribution in [0.2, 0.25) is 0 Å². The minimum Gasteiger partial charge on any atom is -0.468 e. The predicted octanol–water partition coefficient (Wildman–Crippen LogP) is 1.83. The lowest BCUT2D eigenvalue weighted by molar-refractivity contribution is -0.146. The van der Waals surface area contributed by atoms with E-state index in [-0.39, 0.29) is 24.5 Å². The first-order valence-corrected chi connectivity index (χ1v) is 8.22. The van der Waals surface area contributed by atoms with Gasteiger partial charge in [0, 0.05) is 24.1 Å². The number of esters is 1. The van der Waals surface area contributed by atoms with Gasteiger partial charge in [-0.3, -0.25) is 19.5 Å². The number of hydrogen-bond acceptors (Lipinski definition) is 5. The van der Waals surface area contributed by atoms with E-state index < -0.39 is 0 Å². The zero-order valence-electron chi connectivity index (χ0n) is 13.4.